The van der Waals surface area contributed by atoms with Crippen molar-refractivity contribution in [2.24, 2.45) is 0 Å². The molecule has 0 saturated heterocycles. The lowest BCUT2D eigenvalue weighted by Gasteiger charge is -2.16. The second-order valence-electron chi connectivity index (χ2n) is 6.89. The number of benzene rings is 2. The molecule has 108 valence electrons. The van der Waals surface area contributed by atoms with E-state index in [4.69, 9.17) is 4.98 Å². The molecule has 1 fully saturated rings. The van der Waals surface area contributed by atoms with Gasteiger partial charge < -0.3 is 0 Å². The van der Waals surface area contributed by atoms with Crippen molar-refractivity contribution in [3.05, 3.63) is 65.2 Å². The Hall–Kier alpha value is -2.15. The van der Waals surface area contributed by atoms with Crippen molar-refractivity contribution < 1.29 is 0 Å². The van der Waals surface area contributed by atoms with E-state index in [-0.39, 0.29) is 0 Å². The summed E-state index contributed by atoms with van der Waals surface area (Å²) in [4.78, 5) is 4.89. The normalized spacial score (nSPS) is 22.2. The third kappa shape index (κ3) is 1.68. The first-order valence-corrected chi connectivity index (χ1v) is 8.30. The number of pyridine rings is 1. The van der Waals surface area contributed by atoms with Crippen molar-refractivity contribution in [2.45, 2.75) is 38.0 Å². The fourth-order valence-electron chi connectivity index (χ4n) is 4.48. The van der Waals surface area contributed by atoms with Crippen molar-refractivity contribution in [1.82, 2.24) is 4.98 Å². The van der Waals surface area contributed by atoms with Crippen molar-refractivity contribution in [2.75, 3.05) is 0 Å². The molecular weight excluding hydrogens is 266 g/mol. The number of nitrogens with zero attached hydrogens (tertiary/aromatic N) is 1. The summed E-state index contributed by atoms with van der Waals surface area (Å²) >= 11 is 0. The van der Waals surface area contributed by atoms with Crippen LogP contribution in [-0.4, -0.2) is 4.98 Å². The van der Waals surface area contributed by atoms with E-state index in [0.717, 1.165) is 23.0 Å². The predicted octanol–water partition coefficient (Wildman–Crippen LogP) is 5.57. The lowest BCUT2D eigenvalue weighted by molar-refractivity contribution is 0.718. The number of aryl methyl sites for hydroxylation is 1. The van der Waals surface area contributed by atoms with Gasteiger partial charge in [0, 0.05) is 10.9 Å². The van der Waals surface area contributed by atoms with E-state index in [1.54, 1.807) is 11.1 Å². The molecule has 1 heterocycles. The number of fused-ring (bicyclic) bond motifs is 6. The van der Waals surface area contributed by atoms with Crippen LogP contribution in [0, 0.1) is 6.92 Å². The molecule has 0 amide bonds. The van der Waals surface area contributed by atoms with Gasteiger partial charge in [-0.15, -0.1) is 0 Å². The Balaban J connectivity index is 1.65. The lowest BCUT2D eigenvalue weighted by atomic mass is 9.90. The summed E-state index contributed by atoms with van der Waals surface area (Å²) in [6.45, 7) is 2.15. The van der Waals surface area contributed by atoms with Crippen molar-refractivity contribution in [1.29, 1.82) is 0 Å². The summed E-state index contributed by atoms with van der Waals surface area (Å²) in [6.07, 6.45) is 4.15. The summed E-state index contributed by atoms with van der Waals surface area (Å²) in [6, 6.07) is 17.8. The van der Waals surface area contributed by atoms with Gasteiger partial charge in [0.1, 0.15) is 0 Å². The predicted molar refractivity (Wildman–Crippen MR) is 91.2 cm³/mol. The Kier molecular flexibility index (Phi) is 2.49. The summed E-state index contributed by atoms with van der Waals surface area (Å²) in [5.74, 6) is 1.64. The third-order valence-electron chi connectivity index (χ3n) is 5.64. The molecule has 1 aromatic heterocycles. The molecule has 1 heteroatoms. The van der Waals surface area contributed by atoms with Crippen LogP contribution in [0.3, 0.4) is 0 Å². The van der Waals surface area contributed by atoms with Gasteiger partial charge in [-0.3, -0.25) is 0 Å². The molecule has 2 aliphatic carbocycles. The molecule has 3 aromatic rings. The van der Waals surface area contributed by atoms with Crippen LogP contribution in [0.1, 0.15) is 47.8 Å². The number of hydrogen-bond acceptors (Lipinski definition) is 1. The van der Waals surface area contributed by atoms with E-state index in [9.17, 15) is 0 Å². The Morgan fingerprint density at radius 3 is 2.68 bits per heavy atom. The van der Waals surface area contributed by atoms with Crippen LogP contribution in [0.2, 0.25) is 0 Å². The van der Waals surface area contributed by atoms with Gasteiger partial charge in [-0.2, -0.15) is 0 Å². The molecule has 2 aromatic carbocycles. The van der Waals surface area contributed by atoms with E-state index in [0.29, 0.717) is 0 Å². The van der Waals surface area contributed by atoms with E-state index in [2.05, 4.69) is 55.5 Å². The summed E-state index contributed by atoms with van der Waals surface area (Å²) in [7, 11) is 0. The van der Waals surface area contributed by atoms with Crippen molar-refractivity contribution in [3.63, 3.8) is 0 Å². The molecule has 2 aliphatic rings. The van der Waals surface area contributed by atoms with Gasteiger partial charge in [0.05, 0.1) is 11.2 Å². The van der Waals surface area contributed by atoms with Gasteiger partial charge in [0.2, 0.25) is 0 Å². The third-order valence-corrected chi connectivity index (χ3v) is 5.64. The molecule has 5 rings (SSSR count). The zero-order valence-corrected chi connectivity index (χ0v) is 12.8. The van der Waals surface area contributed by atoms with Crippen LogP contribution >= 0.6 is 0 Å². The molecule has 1 nitrogen and oxygen atoms in total. The minimum atomic E-state index is 0.808. The van der Waals surface area contributed by atoms with Gasteiger partial charge in [0.15, 0.2) is 0 Å². The minimum Gasteiger partial charge on any atom is -0.248 e. The first-order valence-electron chi connectivity index (χ1n) is 8.30. The molecule has 1 saturated carbocycles. The van der Waals surface area contributed by atoms with Crippen LogP contribution in [0.15, 0.2) is 48.5 Å². The van der Waals surface area contributed by atoms with E-state index in [1.165, 1.54) is 35.8 Å². The van der Waals surface area contributed by atoms with Gasteiger partial charge in [-0.05, 0) is 72.9 Å². The fraction of sp³-hybridized carbons (Fsp3) is 0.286. The molecule has 0 radical (unpaired) electrons. The van der Waals surface area contributed by atoms with Gasteiger partial charge in [0.25, 0.3) is 0 Å². The Morgan fingerprint density at radius 1 is 0.909 bits per heavy atom. The second kappa shape index (κ2) is 4.42. The van der Waals surface area contributed by atoms with Crippen LogP contribution in [0.25, 0.3) is 22.2 Å². The maximum atomic E-state index is 4.89. The molecule has 22 heavy (non-hydrogen) atoms. The average molecular weight is 285 g/mol. The highest BCUT2D eigenvalue weighted by molar-refractivity contribution is 5.84. The summed E-state index contributed by atoms with van der Waals surface area (Å²) in [5, 5.41) is 1.26. The smallest absolute Gasteiger partial charge is 0.0712 e. The SMILES string of the molecule is Cc1cccc2nc(-c3ccc4c(c3)C3CCC4C3)ccc12. The number of rotatable bonds is 1. The van der Waals surface area contributed by atoms with Gasteiger partial charge in [-0.1, -0.05) is 30.3 Å². The lowest BCUT2D eigenvalue weighted by Crippen LogP contribution is -1.98. The van der Waals surface area contributed by atoms with E-state index < -0.39 is 0 Å². The maximum Gasteiger partial charge on any atom is 0.0712 e. The Morgan fingerprint density at radius 2 is 1.77 bits per heavy atom. The first-order chi connectivity index (χ1) is 10.8. The topological polar surface area (TPSA) is 12.9 Å². The average Bonchev–Trinajstić information content (AvgIpc) is 3.16. The van der Waals surface area contributed by atoms with Crippen LogP contribution in [0.4, 0.5) is 0 Å². The highest BCUT2D eigenvalue weighted by Crippen LogP contribution is 2.53. The fourth-order valence-corrected chi connectivity index (χ4v) is 4.48. The molecule has 2 bridgehead atoms. The number of aromatic nitrogens is 1. The van der Waals surface area contributed by atoms with Gasteiger partial charge >= 0.3 is 0 Å². The first kappa shape index (κ1) is 12.4. The van der Waals surface area contributed by atoms with Crippen LogP contribution in [0.5, 0.6) is 0 Å². The minimum absolute atomic E-state index is 0.808. The van der Waals surface area contributed by atoms with Crippen LogP contribution < -0.4 is 0 Å². The highest BCUT2D eigenvalue weighted by atomic mass is 14.7. The standard InChI is InChI=1S/C21H19N/c1-13-3-2-4-21-17(13)9-10-20(22-21)16-7-8-18-14-5-6-15(11-14)19(18)12-16/h2-4,7-10,12,14-15H,5-6,11H2,1H3. The summed E-state index contributed by atoms with van der Waals surface area (Å²) < 4.78 is 0. The largest absolute Gasteiger partial charge is 0.248 e. The molecule has 0 spiro atoms. The van der Waals surface area contributed by atoms with Gasteiger partial charge in [-0.25, -0.2) is 4.98 Å². The Labute approximate surface area is 131 Å². The molecule has 0 aliphatic heterocycles. The summed E-state index contributed by atoms with van der Waals surface area (Å²) in [5.41, 5.74) is 7.97. The van der Waals surface area contributed by atoms with Crippen molar-refractivity contribution >= 4 is 10.9 Å². The van der Waals surface area contributed by atoms with E-state index >= 15 is 0 Å². The molecule has 2 unspecified atom stereocenters. The Bertz CT molecular complexity index is 894. The maximum absolute atomic E-state index is 4.89. The van der Waals surface area contributed by atoms with Crippen molar-refractivity contribution in [3.8, 4) is 11.3 Å². The molecular formula is C21H19N. The zero-order valence-electron chi connectivity index (χ0n) is 12.8. The van der Waals surface area contributed by atoms with E-state index in [1.807, 2.05) is 0 Å². The monoisotopic (exact) mass is 285 g/mol. The van der Waals surface area contributed by atoms with Crippen LogP contribution in [-0.2, 0) is 0 Å². The zero-order chi connectivity index (χ0) is 14.7. The second-order valence-corrected chi connectivity index (χ2v) is 6.89. The molecule has 0 N–H and O–H groups in total. The number of hydrogen-bond donors (Lipinski definition) is 0. The molecule has 2 atom stereocenters. The highest BCUT2D eigenvalue weighted by Gasteiger charge is 2.36. The quantitative estimate of drug-likeness (QED) is 0.569.